The summed E-state index contributed by atoms with van der Waals surface area (Å²) >= 11 is 0. The summed E-state index contributed by atoms with van der Waals surface area (Å²) in [6.07, 6.45) is 1.50. The molecule has 0 saturated heterocycles. The van der Waals surface area contributed by atoms with Crippen LogP contribution in [0.4, 0.5) is 5.82 Å². The van der Waals surface area contributed by atoms with E-state index in [1.165, 1.54) is 29.5 Å². The van der Waals surface area contributed by atoms with Crippen molar-refractivity contribution in [1.82, 2.24) is 4.98 Å². The first-order chi connectivity index (χ1) is 9.08. The summed E-state index contributed by atoms with van der Waals surface area (Å²) in [5.74, 6) is -0.385. The third-order valence-corrected chi connectivity index (χ3v) is 3.03. The maximum Gasteiger partial charge on any atom is 0.335 e. The van der Waals surface area contributed by atoms with E-state index in [-0.39, 0.29) is 11.6 Å². The Labute approximate surface area is 112 Å². The van der Waals surface area contributed by atoms with Gasteiger partial charge >= 0.3 is 5.97 Å². The van der Waals surface area contributed by atoms with Crippen LogP contribution in [0.1, 0.15) is 34.5 Å². The number of benzene rings is 1. The fourth-order valence-electron chi connectivity index (χ4n) is 2.01. The summed E-state index contributed by atoms with van der Waals surface area (Å²) in [6.45, 7) is 4.08. The molecule has 0 amide bonds. The van der Waals surface area contributed by atoms with Crippen molar-refractivity contribution in [3.63, 3.8) is 0 Å². The molecule has 0 aliphatic heterocycles. The van der Waals surface area contributed by atoms with E-state index >= 15 is 0 Å². The number of carboxylic acids is 1. The average Bonchev–Trinajstić information content (AvgIpc) is 2.39. The molecule has 0 bridgehead atoms. The van der Waals surface area contributed by atoms with Crippen LogP contribution in [0.2, 0.25) is 0 Å². The number of pyridine rings is 1. The van der Waals surface area contributed by atoms with Crippen LogP contribution >= 0.6 is 0 Å². The number of anilines is 1. The highest BCUT2D eigenvalue weighted by molar-refractivity contribution is 5.88. The fourth-order valence-corrected chi connectivity index (χ4v) is 2.01. The van der Waals surface area contributed by atoms with Gasteiger partial charge in [0.05, 0.1) is 11.6 Å². The van der Waals surface area contributed by atoms with Gasteiger partial charge in [-0.1, -0.05) is 24.3 Å². The summed E-state index contributed by atoms with van der Waals surface area (Å²) in [5.41, 5.74) is 2.59. The highest BCUT2D eigenvalue weighted by atomic mass is 16.4. The van der Waals surface area contributed by atoms with Crippen LogP contribution in [0.15, 0.2) is 42.6 Å². The van der Waals surface area contributed by atoms with Crippen molar-refractivity contribution in [1.29, 1.82) is 0 Å². The number of aromatic carboxylic acids is 1. The monoisotopic (exact) mass is 256 g/mol. The quantitative estimate of drug-likeness (QED) is 0.881. The molecule has 0 aliphatic rings. The molecule has 1 aromatic carbocycles. The molecule has 0 radical (unpaired) electrons. The van der Waals surface area contributed by atoms with Gasteiger partial charge < -0.3 is 10.4 Å². The van der Waals surface area contributed by atoms with E-state index in [4.69, 9.17) is 5.11 Å². The molecule has 1 aromatic heterocycles. The van der Waals surface area contributed by atoms with Crippen molar-refractivity contribution in [3.8, 4) is 0 Å². The van der Waals surface area contributed by atoms with Crippen LogP contribution in [0.3, 0.4) is 0 Å². The van der Waals surface area contributed by atoms with Gasteiger partial charge in [-0.3, -0.25) is 0 Å². The molecule has 1 heterocycles. The smallest absolute Gasteiger partial charge is 0.335 e. The first-order valence-electron chi connectivity index (χ1n) is 6.09. The lowest BCUT2D eigenvalue weighted by molar-refractivity contribution is 0.0697. The van der Waals surface area contributed by atoms with Gasteiger partial charge in [-0.15, -0.1) is 0 Å². The second kappa shape index (κ2) is 5.52. The van der Waals surface area contributed by atoms with Gasteiger partial charge in [-0.05, 0) is 37.1 Å². The fraction of sp³-hybridized carbons (Fsp3) is 0.200. The second-order valence-corrected chi connectivity index (χ2v) is 4.46. The lowest BCUT2D eigenvalue weighted by atomic mass is 10.0. The summed E-state index contributed by atoms with van der Waals surface area (Å²) in [7, 11) is 0. The zero-order valence-electron chi connectivity index (χ0n) is 10.9. The Morgan fingerprint density at radius 1 is 1.32 bits per heavy atom. The minimum absolute atomic E-state index is 0.0674. The molecule has 2 aromatic rings. The van der Waals surface area contributed by atoms with E-state index in [9.17, 15) is 4.79 Å². The third-order valence-electron chi connectivity index (χ3n) is 3.03. The molecular formula is C15H16N2O2. The minimum atomic E-state index is -0.950. The van der Waals surface area contributed by atoms with E-state index in [1.54, 1.807) is 0 Å². The van der Waals surface area contributed by atoms with Gasteiger partial charge in [0.25, 0.3) is 0 Å². The Hall–Kier alpha value is -2.36. The molecule has 4 heteroatoms. The van der Waals surface area contributed by atoms with Crippen molar-refractivity contribution in [2.45, 2.75) is 19.9 Å². The summed E-state index contributed by atoms with van der Waals surface area (Å²) in [6, 6.07) is 11.2. The van der Waals surface area contributed by atoms with E-state index in [0.29, 0.717) is 5.82 Å². The molecule has 0 fully saturated rings. The van der Waals surface area contributed by atoms with E-state index in [2.05, 4.69) is 23.3 Å². The predicted molar refractivity (Wildman–Crippen MR) is 74.4 cm³/mol. The zero-order valence-corrected chi connectivity index (χ0v) is 10.9. The molecule has 0 aliphatic carbocycles. The van der Waals surface area contributed by atoms with E-state index < -0.39 is 5.97 Å². The van der Waals surface area contributed by atoms with Gasteiger partial charge in [-0.25, -0.2) is 9.78 Å². The van der Waals surface area contributed by atoms with Gasteiger partial charge in [0.15, 0.2) is 0 Å². The molecular weight excluding hydrogens is 240 g/mol. The van der Waals surface area contributed by atoms with Crippen molar-refractivity contribution in [2.24, 2.45) is 0 Å². The van der Waals surface area contributed by atoms with E-state index in [0.717, 1.165) is 0 Å². The number of nitrogens with zero attached hydrogens (tertiary/aromatic N) is 1. The Kier molecular flexibility index (Phi) is 3.80. The van der Waals surface area contributed by atoms with E-state index in [1.807, 2.05) is 25.1 Å². The number of rotatable bonds is 4. The van der Waals surface area contributed by atoms with Gasteiger partial charge in [-0.2, -0.15) is 0 Å². The van der Waals surface area contributed by atoms with Gasteiger partial charge in [0.1, 0.15) is 5.82 Å². The summed E-state index contributed by atoms with van der Waals surface area (Å²) < 4.78 is 0. The molecule has 0 saturated carbocycles. The first-order valence-corrected chi connectivity index (χ1v) is 6.09. The number of aromatic nitrogens is 1. The lowest BCUT2D eigenvalue weighted by Gasteiger charge is -2.17. The SMILES string of the molecule is Cc1ccccc1C(C)Nc1cc(C(=O)O)ccn1. The third kappa shape index (κ3) is 3.10. The molecule has 2 rings (SSSR count). The van der Waals surface area contributed by atoms with Crippen LogP contribution in [-0.2, 0) is 0 Å². The first kappa shape index (κ1) is 13.1. The molecule has 0 spiro atoms. The van der Waals surface area contributed by atoms with Crippen molar-refractivity contribution in [3.05, 3.63) is 59.3 Å². The number of hydrogen-bond donors (Lipinski definition) is 2. The summed E-state index contributed by atoms with van der Waals surface area (Å²) in [4.78, 5) is 15.0. The average molecular weight is 256 g/mol. The molecule has 4 nitrogen and oxygen atoms in total. The number of carboxylic acid groups (broad SMARTS) is 1. The van der Waals surface area contributed by atoms with Crippen LogP contribution in [0.25, 0.3) is 0 Å². The molecule has 2 N–H and O–H groups in total. The number of aryl methyl sites for hydroxylation is 1. The number of nitrogens with one attached hydrogen (secondary N) is 1. The minimum Gasteiger partial charge on any atom is -0.478 e. The van der Waals surface area contributed by atoms with Crippen molar-refractivity contribution < 1.29 is 9.90 Å². The Balaban J connectivity index is 2.19. The zero-order chi connectivity index (χ0) is 13.8. The van der Waals surface area contributed by atoms with Crippen LogP contribution in [0, 0.1) is 6.92 Å². The van der Waals surface area contributed by atoms with Gasteiger partial charge in [0.2, 0.25) is 0 Å². The van der Waals surface area contributed by atoms with Crippen LogP contribution in [-0.4, -0.2) is 16.1 Å². The normalized spacial score (nSPS) is 11.9. The van der Waals surface area contributed by atoms with Crippen molar-refractivity contribution in [2.75, 3.05) is 5.32 Å². The lowest BCUT2D eigenvalue weighted by Crippen LogP contribution is -2.10. The van der Waals surface area contributed by atoms with Crippen LogP contribution in [0.5, 0.6) is 0 Å². The maximum absolute atomic E-state index is 10.9. The molecule has 98 valence electrons. The van der Waals surface area contributed by atoms with Gasteiger partial charge in [0, 0.05) is 6.20 Å². The topological polar surface area (TPSA) is 62.2 Å². The largest absolute Gasteiger partial charge is 0.478 e. The predicted octanol–water partition coefficient (Wildman–Crippen LogP) is 3.26. The number of hydrogen-bond acceptors (Lipinski definition) is 3. The molecule has 1 unspecified atom stereocenters. The molecule has 19 heavy (non-hydrogen) atoms. The Morgan fingerprint density at radius 3 is 2.74 bits per heavy atom. The highest BCUT2D eigenvalue weighted by Crippen LogP contribution is 2.21. The summed E-state index contributed by atoms with van der Waals surface area (Å²) in [5, 5.41) is 12.2. The Bertz CT molecular complexity index is 596. The Morgan fingerprint density at radius 2 is 2.05 bits per heavy atom. The van der Waals surface area contributed by atoms with Crippen LogP contribution < -0.4 is 5.32 Å². The standard InChI is InChI=1S/C15H16N2O2/c1-10-5-3-4-6-13(10)11(2)17-14-9-12(15(18)19)7-8-16-14/h3-9,11H,1-2H3,(H,16,17)(H,18,19). The highest BCUT2D eigenvalue weighted by Gasteiger charge is 2.10. The maximum atomic E-state index is 10.9. The second-order valence-electron chi connectivity index (χ2n) is 4.46. The molecule has 1 atom stereocenters. The number of carbonyl (C=O) groups is 1. The van der Waals surface area contributed by atoms with Crippen molar-refractivity contribution >= 4 is 11.8 Å².